The molecule has 0 aliphatic carbocycles. The summed E-state index contributed by atoms with van der Waals surface area (Å²) in [5.41, 5.74) is 6.67. The molecule has 8 heteroatoms. The number of carbonyl (C=O) groups is 2. The molecule has 0 bridgehead atoms. The van der Waals surface area contributed by atoms with Crippen LogP contribution in [0.3, 0.4) is 0 Å². The van der Waals surface area contributed by atoms with Crippen molar-refractivity contribution in [2.24, 2.45) is 0 Å². The summed E-state index contributed by atoms with van der Waals surface area (Å²) in [7, 11) is 1.56. The number of benzene rings is 3. The van der Waals surface area contributed by atoms with E-state index in [-0.39, 0.29) is 12.5 Å². The van der Waals surface area contributed by atoms with E-state index in [0.717, 1.165) is 0 Å². The highest BCUT2D eigenvalue weighted by Crippen LogP contribution is 2.30. The molecule has 2 atom stereocenters. The van der Waals surface area contributed by atoms with Crippen molar-refractivity contribution >= 4 is 17.5 Å². The maximum absolute atomic E-state index is 13.0. The van der Waals surface area contributed by atoms with Crippen LogP contribution in [0.2, 0.25) is 0 Å². The van der Waals surface area contributed by atoms with Gasteiger partial charge < -0.3 is 19.5 Å². The Labute approximate surface area is 185 Å². The van der Waals surface area contributed by atoms with Gasteiger partial charge in [-0.05, 0) is 29.8 Å². The Kier molecular flexibility index (Phi) is 6.52. The van der Waals surface area contributed by atoms with E-state index in [9.17, 15) is 9.59 Å². The molecule has 164 valence electrons. The molecule has 0 saturated heterocycles. The minimum atomic E-state index is -0.852. The largest absolute Gasteiger partial charge is 0.497 e. The van der Waals surface area contributed by atoms with Crippen LogP contribution in [0.25, 0.3) is 0 Å². The van der Waals surface area contributed by atoms with Gasteiger partial charge in [0.15, 0.2) is 11.5 Å². The fraction of sp³-hybridized carbons (Fsp3) is 0.167. The fourth-order valence-electron chi connectivity index (χ4n) is 3.23. The Morgan fingerprint density at radius 3 is 2.50 bits per heavy atom. The van der Waals surface area contributed by atoms with Crippen molar-refractivity contribution in [3.63, 3.8) is 0 Å². The van der Waals surface area contributed by atoms with Crippen LogP contribution in [0.4, 0.5) is 5.69 Å². The van der Waals surface area contributed by atoms with Gasteiger partial charge in [0, 0.05) is 11.8 Å². The number of para-hydroxylation sites is 2. The minimum Gasteiger partial charge on any atom is -0.497 e. The van der Waals surface area contributed by atoms with Gasteiger partial charge in [0.25, 0.3) is 5.91 Å². The van der Waals surface area contributed by atoms with Gasteiger partial charge in [0.1, 0.15) is 18.4 Å². The highest BCUT2D eigenvalue weighted by Gasteiger charge is 2.29. The molecule has 1 aliphatic rings. The van der Waals surface area contributed by atoms with Crippen molar-refractivity contribution < 1.29 is 23.8 Å². The molecule has 0 spiro atoms. The van der Waals surface area contributed by atoms with Gasteiger partial charge in [-0.1, -0.05) is 48.5 Å². The van der Waals surface area contributed by atoms with Crippen LogP contribution in [0.15, 0.2) is 78.9 Å². The van der Waals surface area contributed by atoms with E-state index < -0.39 is 18.1 Å². The Bertz CT molecular complexity index is 1090. The third-order valence-electron chi connectivity index (χ3n) is 4.87. The average Bonchev–Trinajstić information content (AvgIpc) is 2.84. The maximum Gasteiger partial charge on any atom is 0.278 e. The topological polar surface area (TPSA) is 97.9 Å². The lowest BCUT2D eigenvalue weighted by molar-refractivity contribution is -0.132. The predicted octanol–water partition coefficient (Wildman–Crippen LogP) is 2.84. The zero-order valence-corrected chi connectivity index (χ0v) is 17.4. The number of nitrogens with one attached hydrogen (secondary N) is 3. The summed E-state index contributed by atoms with van der Waals surface area (Å²) in [6.45, 7) is 0.0660. The summed E-state index contributed by atoms with van der Waals surface area (Å²) in [6.07, 6.45) is -0.852. The lowest BCUT2D eigenvalue weighted by Crippen LogP contribution is -2.51. The number of rotatable bonds is 7. The monoisotopic (exact) mass is 433 g/mol. The molecular formula is C24H23N3O5. The highest BCUT2D eigenvalue weighted by atomic mass is 16.6. The first-order valence-corrected chi connectivity index (χ1v) is 10.1. The number of amides is 2. The second kappa shape index (κ2) is 9.84. The molecule has 1 aliphatic heterocycles. The summed E-state index contributed by atoms with van der Waals surface area (Å²) < 4.78 is 16.5. The summed E-state index contributed by atoms with van der Waals surface area (Å²) >= 11 is 0. The molecule has 32 heavy (non-hydrogen) atoms. The number of hydrogen-bond acceptors (Lipinski definition) is 6. The van der Waals surface area contributed by atoms with Crippen molar-refractivity contribution in [3.05, 3.63) is 84.4 Å². The molecule has 0 saturated carbocycles. The van der Waals surface area contributed by atoms with Crippen molar-refractivity contribution in [2.75, 3.05) is 19.0 Å². The molecule has 3 aromatic rings. The Morgan fingerprint density at radius 1 is 0.969 bits per heavy atom. The van der Waals surface area contributed by atoms with Crippen molar-refractivity contribution in [1.29, 1.82) is 0 Å². The Morgan fingerprint density at radius 2 is 1.72 bits per heavy atom. The molecular weight excluding hydrogens is 410 g/mol. The van der Waals surface area contributed by atoms with E-state index >= 15 is 0 Å². The average molecular weight is 433 g/mol. The molecule has 3 aromatic carbocycles. The van der Waals surface area contributed by atoms with Crippen LogP contribution in [0.5, 0.6) is 17.2 Å². The smallest absolute Gasteiger partial charge is 0.278 e. The summed E-state index contributed by atoms with van der Waals surface area (Å²) in [4.78, 5) is 25.7. The number of hydrazine groups is 1. The predicted molar refractivity (Wildman–Crippen MR) is 118 cm³/mol. The molecule has 1 heterocycles. The second-order valence-corrected chi connectivity index (χ2v) is 7.06. The maximum atomic E-state index is 13.0. The highest BCUT2D eigenvalue weighted by molar-refractivity contribution is 5.96. The zero-order chi connectivity index (χ0) is 22.3. The Hall–Kier alpha value is -4.04. The van der Waals surface area contributed by atoms with Crippen molar-refractivity contribution in [1.82, 2.24) is 10.9 Å². The van der Waals surface area contributed by atoms with E-state index in [4.69, 9.17) is 14.2 Å². The zero-order valence-electron chi connectivity index (χ0n) is 17.4. The lowest BCUT2D eigenvalue weighted by atomic mass is 10.1. The molecule has 0 radical (unpaired) electrons. The number of hydrogen-bond donors (Lipinski definition) is 3. The van der Waals surface area contributed by atoms with Gasteiger partial charge in [-0.15, -0.1) is 0 Å². The number of anilines is 1. The van der Waals surface area contributed by atoms with Crippen LogP contribution in [0.1, 0.15) is 11.6 Å². The van der Waals surface area contributed by atoms with E-state index in [0.29, 0.717) is 28.5 Å². The lowest BCUT2D eigenvalue weighted by Gasteiger charge is -2.26. The molecule has 0 fully saturated rings. The fourth-order valence-corrected chi connectivity index (χ4v) is 3.23. The molecule has 0 aromatic heterocycles. The van der Waals surface area contributed by atoms with Crippen molar-refractivity contribution in [3.8, 4) is 17.2 Å². The van der Waals surface area contributed by atoms with Gasteiger partial charge in [-0.25, -0.2) is 5.43 Å². The normalized spacial score (nSPS) is 15.3. The summed E-state index contributed by atoms with van der Waals surface area (Å²) in [5.74, 6) is 0.902. The van der Waals surface area contributed by atoms with E-state index in [1.807, 2.05) is 24.3 Å². The van der Waals surface area contributed by atoms with Gasteiger partial charge in [-0.2, -0.15) is 0 Å². The van der Waals surface area contributed by atoms with Crippen LogP contribution in [0, 0.1) is 0 Å². The van der Waals surface area contributed by atoms with E-state index in [1.165, 1.54) is 0 Å². The third kappa shape index (κ3) is 4.98. The van der Waals surface area contributed by atoms with E-state index in [1.54, 1.807) is 61.7 Å². The quantitative estimate of drug-likeness (QED) is 0.496. The number of ether oxygens (including phenoxy) is 3. The molecule has 0 unspecified atom stereocenters. The van der Waals surface area contributed by atoms with Crippen LogP contribution >= 0.6 is 0 Å². The minimum absolute atomic E-state index is 0.0660. The molecule has 4 rings (SSSR count). The standard InChI is InChI=1S/C24H23N3O5/c1-30-18-11-7-10-17(14-18)25-24(29)22(16-8-3-2-4-9-16)26-27-23(28)21-15-31-19-12-5-6-13-20(19)32-21/h2-14,21-22,26H,15H2,1H3,(H,25,29)(H,27,28)/t21-,22+/m0/s1. The second-order valence-electron chi connectivity index (χ2n) is 7.06. The van der Waals surface area contributed by atoms with Crippen LogP contribution in [-0.2, 0) is 9.59 Å². The van der Waals surface area contributed by atoms with Crippen LogP contribution in [-0.4, -0.2) is 31.6 Å². The third-order valence-corrected chi connectivity index (χ3v) is 4.87. The molecule has 3 N–H and O–H groups in total. The van der Waals surface area contributed by atoms with Crippen LogP contribution < -0.4 is 30.4 Å². The molecule has 8 nitrogen and oxygen atoms in total. The van der Waals surface area contributed by atoms with Crippen molar-refractivity contribution in [2.45, 2.75) is 12.1 Å². The van der Waals surface area contributed by atoms with E-state index in [2.05, 4.69) is 16.2 Å². The SMILES string of the molecule is COc1cccc(NC(=O)[C@H](NNC(=O)[C@@H]2COc3ccccc3O2)c2ccccc2)c1. The number of fused-ring (bicyclic) bond motifs is 1. The van der Waals surface area contributed by atoms with Gasteiger partial charge in [0.2, 0.25) is 12.0 Å². The molecule has 2 amide bonds. The first kappa shape index (κ1) is 21.2. The summed E-state index contributed by atoms with van der Waals surface area (Å²) in [5, 5.41) is 2.84. The van der Waals surface area contributed by atoms with Gasteiger partial charge in [0.05, 0.1) is 7.11 Å². The first-order valence-electron chi connectivity index (χ1n) is 10.1. The Balaban J connectivity index is 1.44. The first-order chi connectivity index (χ1) is 15.6. The van der Waals surface area contributed by atoms with Gasteiger partial charge >= 0.3 is 0 Å². The number of methoxy groups -OCH3 is 1. The number of carbonyl (C=O) groups excluding carboxylic acids is 2. The summed E-state index contributed by atoms with van der Waals surface area (Å²) in [6, 6.07) is 22.4. The van der Waals surface area contributed by atoms with Gasteiger partial charge in [-0.3, -0.25) is 15.0 Å².